The quantitative estimate of drug-likeness (QED) is 0.423. The van der Waals surface area contributed by atoms with Gasteiger partial charge in [0.25, 0.3) is 5.91 Å². The number of carbonyl (C=O) groups excluding carboxylic acids is 1. The molecule has 0 saturated carbocycles. The Morgan fingerprint density at radius 2 is 1.87 bits per heavy atom. The van der Waals surface area contributed by atoms with E-state index in [1.165, 1.54) is 7.11 Å². The van der Waals surface area contributed by atoms with Crippen molar-refractivity contribution in [2.45, 2.75) is 0 Å². The smallest absolute Gasteiger partial charge is 0.264 e. The lowest BCUT2D eigenvalue weighted by molar-refractivity contribution is -0.126. The normalized spacial score (nSPS) is 13.9. The molecule has 0 spiro atoms. The molecule has 152 valence electrons. The molecule has 6 heteroatoms. The number of carbonyl (C=O) groups is 1. The predicted octanol–water partition coefficient (Wildman–Crippen LogP) is 2.96. The van der Waals surface area contributed by atoms with E-state index in [1.807, 2.05) is 24.3 Å². The van der Waals surface area contributed by atoms with Crippen LogP contribution in [-0.4, -0.2) is 50.7 Å². The third-order valence-electron chi connectivity index (χ3n) is 4.85. The van der Waals surface area contributed by atoms with Gasteiger partial charge in [-0.2, -0.15) is 5.26 Å². The molecule has 1 aliphatic heterocycles. The largest absolute Gasteiger partial charge is 0.493 e. The van der Waals surface area contributed by atoms with Crippen LogP contribution in [-0.2, 0) is 4.79 Å². The minimum atomic E-state index is -0.267. The maximum absolute atomic E-state index is 12.9. The molecule has 1 saturated heterocycles. The molecule has 0 radical (unpaired) electrons. The summed E-state index contributed by atoms with van der Waals surface area (Å²) in [6.07, 6.45) is 6.79. The van der Waals surface area contributed by atoms with Crippen molar-refractivity contribution in [2.75, 3.05) is 44.8 Å². The first-order valence-electron chi connectivity index (χ1n) is 9.61. The van der Waals surface area contributed by atoms with Crippen molar-refractivity contribution in [3.8, 4) is 29.9 Å². The van der Waals surface area contributed by atoms with Crippen molar-refractivity contribution in [3.63, 3.8) is 0 Å². The highest BCUT2D eigenvalue weighted by atomic mass is 16.5. The van der Waals surface area contributed by atoms with Crippen molar-refractivity contribution < 1.29 is 14.3 Å². The van der Waals surface area contributed by atoms with Gasteiger partial charge >= 0.3 is 0 Å². The van der Waals surface area contributed by atoms with Crippen molar-refractivity contribution >= 4 is 17.7 Å². The fraction of sp³-hybridized carbons (Fsp3) is 0.250. The molecular weight excluding hydrogens is 378 g/mol. The molecule has 0 unspecified atom stereocenters. The van der Waals surface area contributed by atoms with Crippen LogP contribution >= 0.6 is 0 Å². The fourth-order valence-electron chi connectivity index (χ4n) is 3.30. The molecule has 0 N–H and O–H groups in total. The van der Waals surface area contributed by atoms with Crippen LogP contribution in [0.5, 0.6) is 11.5 Å². The Kier molecular flexibility index (Phi) is 6.97. The lowest BCUT2D eigenvalue weighted by atomic mass is 10.1. The first kappa shape index (κ1) is 20.8. The number of nitrogens with zero attached hydrogens (tertiary/aromatic N) is 3. The summed E-state index contributed by atoms with van der Waals surface area (Å²) in [5.74, 6) is 3.13. The topological polar surface area (TPSA) is 65.8 Å². The van der Waals surface area contributed by atoms with Gasteiger partial charge in [-0.3, -0.25) is 4.79 Å². The van der Waals surface area contributed by atoms with E-state index in [1.54, 1.807) is 29.2 Å². The minimum Gasteiger partial charge on any atom is -0.493 e. The van der Waals surface area contributed by atoms with Gasteiger partial charge in [0.2, 0.25) is 0 Å². The molecule has 1 fully saturated rings. The van der Waals surface area contributed by atoms with Gasteiger partial charge in [-0.1, -0.05) is 30.2 Å². The Morgan fingerprint density at radius 1 is 1.13 bits per heavy atom. The second kappa shape index (κ2) is 10.0. The van der Waals surface area contributed by atoms with E-state index in [9.17, 15) is 10.1 Å². The van der Waals surface area contributed by atoms with Gasteiger partial charge in [0, 0.05) is 31.9 Å². The molecule has 1 aliphatic rings. The van der Waals surface area contributed by atoms with Crippen LogP contribution in [0.2, 0.25) is 0 Å². The molecule has 2 aromatic rings. The average Bonchev–Trinajstić information content (AvgIpc) is 2.81. The predicted molar refractivity (Wildman–Crippen MR) is 116 cm³/mol. The van der Waals surface area contributed by atoms with Crippen molar-refractivity contribution in [1.82, 2.24) is 4.90 Å². The third-order valence-corrected chi connectivity index (χ3v) is 4.85. The van der Waals surface area contributed by atoms with Crippen LogP contribution in [0.25, 0.3) is 6.08 Å². The summed E-state index contributed by atoms with van der Waals surface area (Å²) in [5, 5.41) is 9.56. The van der Waals surface area contributed by atoms with Crippen LogP contribution in [0.1, 0.15) is 5.56 Å². The highest BCUT2D eigenvalue weighted by Crippen LogP contribution is 2.29. The summed E-state index contributed by atoms with van der Waals surface area (Å²) in [6.45, 7) is 2.71. The fourth-order valence-corrected chi connectivity index (χ4v) is 3.30. The van der Waals surface area contributed by atoms with E-state index < -0.39 is 0 Å². The first-order valence-corrected chi connectivity index (χ1v) is 9.61. The maximum Gasteiger partial charge on any atom is 0.264 e. The summed E-state index contributed by atoms with van der Waals surface area (Å²) in [5.41, 5.74) is 1.90. The Hall–Kier alpha value is -3.90. The van der Waals surface area contributed by atoms with E-state index >= 15 is 0 Å². The first-order chi connectivity index (χ1) is 14.7. The number of methoxy groups -OCH3 is 1. The number of hydrogen-bond acceptors (Lipinski definition) is 5. The van der Waals surface area contributed by atoms with Crippen molar-refractivity contribution in [2.24, 2.45) is 0 Å². The molecule has 30 heavy (non-hydrogen) atoms. The van der Waals surface area contributed by atoms with Crippen LogP contribution in [0.15, 0.2) is 54.1 Å². The highest BCUT2D eigenvalue weighted by molar-refractivity contribution is 6.01. The summed E-state index contributed by atoms with van der Waals surface area (Å²) in [4.78, 5) is 16.8. The van der Waals surface area contributed by atoms with Gasteiger partial charge in [-0.15, -0.1) is 6.42 Å². The second-order valence-electron chi connectivity index (χ2n) is 6.69. The van der Waals surface area contributed by atoms with E-state index in [0.717, 1.165) is 18.8 Å². The molecule has 0 atom stereocenters. The SMILES string of the molecule is C#CCOc1ccc(/C=C(/C#N)C(=O)N2CCN(c3ccccc3)CC2)cc1OC. The number of hydrogen-bond donors (Lipinski definition) is 0. The molecular formula is C24H23N3O3. The number of anilines is 1. The Bertz CT molecular complexity index is 995. The molecule has 0 bridgehead atoms. The zero-order valence-corrected chi connectivity index (χ0v) is 16.9. The second-order valence-corrected chi connectivity index (χ2v) is 6.69. The number of benzene rings is 2. The summed E-state index contributed by atoms with van der Waals surface area (Å²) in [6, 6.07) is 17.3. The average molecular weight is 401 g/mol. The number of piperazine rings is 1. The van der Waals surface area contributed by atoms with E-state index in [2.05, 4.69) is 23.0 Å². The van der Waals surface area contributed by atoms with Crippen LogP contribution in [0.3, 0.4) is 0 Å². The van der Waals surface area contributed by atoms with Gasteiger partial charge in [0.1, 0.15) is 18.2 Å². The lowest BCUT2D eigenvalue weighted by Gasteiger charge is -2.36. The minimum absolute atomic E-state index is 0.0857. The molecule has 6 nitrogen and oxygen atoms in total. The van der Waals surface area contributed by atoms with Crippen LogP contribution in [0, 0.1) is 23.7 Å². The van der Waals surface area contributed by atoms with E-state index in [4.69, 9.17) is 15.9 Å². The Morgan fingerprint density at radius 3 is 2.50 bits per heavy atom. The monoisotopic (exact) mass is 401 g/mol. The number of nitriles is 1. The summed E-state index contributed by atoms with van der Waals surface area (Å²) in [7, 11) is 1.52. The van der Waals surface area contributed by atoms with E-state index in [0.29, 0.717) is 30.2 Å². The standard InChI is InChI=1S/C24H23N3O3/c1-3-15-30-22-10-9-19(17-23(22)29-2)16-20(18-25)24(28)27-13-11-26(12-14-27)21-7-5-4-6-8-21/h1,4-10,16-17H,11-15H2,2H3/b20-16-. The van der Waals surface area contributed by atoms with Gasteiger partial charge < -0.3 is 19.3 Å². The zero-order valence-electron chi connectivity index (χ0n) is 16.9. The van der Waals surface area contributed by atoms with Gasteiger partial charge in [0.15, 0.2) is 11.5 Å². The molecule has 3 rings (SSSR count). The van der Waals surface area contributed by atoms with Crippen LogP contribution in [0.4, 0.5) is 5.69 Å². The molecule has 0 aromatic heterocycles. The van der Waals surface area contributed by atoms with Gasteiger partial charge in [-0.05, 0) is 35.9 Å². The Labute approximate surface area is 176 Å². The molecule has 1 heterocycles. The van der Waals surface area contributed by atoms with Crippen molar-refractivity contribution in [1.29, 1.82) is 5.26 Å². The molecule has 0 aliphatic carbocycles. The zero-order chi connectivity index (χ0) is 21.3. The Balaban J connectivity index is 1.70. The summed E-state index contributed by atoms with van der Waals surface area (Å²) < 4.78 is 10.7. The van der Waals surface area contributed by atoms with Crippen LogP contribution < -0.4 is 14.4 Å². The maximum atomic E-state index is 12.9. The molecule has 2 aromatic carbocycles. The highest BCUT2D eigenvalue weighted by Gasteiger charge is 2.24. The molecule has 1 amide bonds. The van der Waals surface area contributed by atoms with Crippen molar-refractivity contribution in [3.05, 3.63) is 59.7 Å². The van der Waals surface area contributed by atoms with Gasteiger partial charge in [0.05, 0.1) is 7.11 Å². The lowest BCUT2D eigenvalue weighted by Crippen LogP contribution is -2.49. The number of rotatable bonds is 6. The van der Waals surface area contributed by atoms with E-state index in [-0.39, 0.29) is 18.1 Å². The third kappa shape index (κ3) is 4.92. The number of para-hydroxylation sites is 1. The number of terminal acetylenes is 1. The van der Waals surface area contributed by atoms with Gasteiger partial charge in [-0.25, -0.2) is 0 Å². The number of ether oxygens (including phenoxy) is 2. The summed E-state index contributed by atoms with van der Waals surface area (Å²) >= 11 is 0. The number of amides is 1.